The van der Waals surface area contributed by atoms with Crippen molar-refractivity contribution in [2.24, 2.45) is 29.0 Å². The molecule has 4 aromatic rings. The smallest absolute Gasteiger partial charge is 0.328 e. The first-order valence-corrected chi connectivity index (χ1v) is 38.4. The lowest BCUT2D eigenvalue weighted by molar-refractivity contribution is -0.146. The number of carboxylic acids is 1. The number of benzene rings is 2. The summed E-state index contributed by atoms with van der Waals surface area (Å²) in [6.07, 6.45) is 3.73. The molecule has 0 unspecified atom stereocenters. The Morgan fingerprint density at radius 1 is 0.457 bits per heavy atom. The van der Waals surface area contributed by atoms with E-state index in [1.54, 1.807) is 64.4 Å². The molecule has 636 valence electrons. The van der Waals surface area contributed by atoms with E-state index in [9.17, 15) is 92.3 Å². The van der Waals surface area contributed by atoms with Crippen LogP contribution in [0.15, 0.2) is 60.9 Å². The zero-order valence-electron chi connectivity index (χ0n) is 65.5. The van der Waals surface area contributed by atoms with Gasteiger partial charge in [-0.15, -0.1) is 0 Å². The van der Waals surface area contributed by atoms with E-state index in [0.717, 1.165) is 20.7 Å². The first kappa shape index (κ1) is 92.8. The Morgan fingerprint density at radius 2 is 0.845 bits per heavy atom. The monoisotopic (exact) mass is 1630 g/mol. The Kier molecular flexibility index (Phi) is 36.6. The van der Waals surface area contributed by atoms with Crippen molar-refractivity contribution >= 4 is 122 Å². The van der Waals surface area contributed by atoms with E-state index in [4.69, 9.17) is 28.0 Å². The summed E-state index contributed by atoms with van der Waals surface area (Å²) in [5, 5.41) is 91.8. The van der Waals surface area contributed by atoms with Gasteiger partial charge < -0.3 is 132 Å². The number of carbonyl (C=O) groups is 15. The molecule has 2 aliphatic rings. The van der Waals surface area contributed by atoms with E-state index in [-0.39, 0.29) is 109 Å². The third-order valence-electron chi connectivity index (χ3n) is 19.3. The Bertz CT molecular complexity index is 4150. The van der Waals surface area contributed by atoms with Gasteiger partial charge in [0.25, 0.3) is 0 Å². The van der Waals surface area contributed by atoms with Gasteiger partial charge in [-0.2, -0.15) is 0 Å². The van der Waals surface area contributed by atoms with E-state index >= 15 is 0 Å². The van der Waals surface area contributed by atoms with Gasteiger partial charge in [0.2, 0.25) is 82.7 Å². The number of nitrogens with two attached hydrogens (primary N) is 3. The van der Waals surface area contributed by atoms with Crippen molar-refractivity contribution in [1.82, 2.24) is 94.2 Å². The summed E-state index contributed by atoms with van der Waals surface area (Å²) in [5.74, 6) is -15.1. The van der Waals surface area contributed by atoms with E-state index < -0.39 is 213 Å². The van der Waals surface area contributed by atoms with Crippen LogP contribution in [0.1, 0.15) is 110 Å². The second kappa shape index (κ2) is 45.7. The molecule has 2 fully saturated rings. The number of amides is 14. The van der Waals surface area contributed by atoms with Crippen molar-refractivity contribution in [3.63, 3.8) is 0 Å². The fraction of sp³-hybridized carbons (Fsp3) is 0.554. The fourth-order valence-electron chi connectivity index (χ4n) is 13.4. The molecule has 0 spiro atoms. The van der Waals surface area contributed by atoms with Gasteiger partial charge in [0.05, 0.1) is 39.5 Å². The average molecular weight is 1630 g/mol. The topological polar surface area (TPSA) is 669 Å². The van der Waals surface area contributed by atoms with Gasteiger partial charge in [-0.3, -0.25) is 77.9 Å². The Hall–Kier alpha value is -12.0. The number of nitrogens with one attached hydrogen (secondary N) is 18. The number of aliphatic hydroxyl groups is 3. The number of fused-ring (bicyclic) bond motifs is 2. The number of para-hydroxylation sites is 2. The number of nitrogens with zero attached hydrogens (tertiary/aromatic N) is 2. The summed E-state index contributed by atoms with van der Waals surface area (Å²) < 4.78 is 0. The van der Waals surface area contributed by atoms with Crippen molar-refractivity contribution in [3.8, 4) is 0 Å². The molecule has 42 nitrogen and oxygen atoms in total. The first-order chi connectivity index (χ1) is 55.2. The fourth-order valence-corrected chi connectivity index (χ4v) is 13.4. The lowest BCUT2D eigenvalue weighted by atomic mass is 9.99. The van der Waals surface area contributed by atoms with Crippen LogP contribution in [0.3, 0.4) is 0 Å². The number of aliphatic carboxylic acids is 1. The number of carbonyl (C=O) groups excluding carboxylic acids is 14. The minimum atomic E-state index is -1.76. The zero-order chi connectivity index (χ0) is 85.5. The zero-order valence-corrected chi connectivity index (χ0v) is 65.5. The molecule has 4 heterocycles. The number of aromatic nitrogens is 2. The van der Waals surface area contributed by atoms with Gasteiger partial charge in [-0.1, -0.05) is 64.1 Å². The van der Waals surface area contributed by atoms with Crippen molar-refractivity contribution < 1.29 is 92.3 Å². The van der Waals surface area contributed by atoms with Crippen molar-refractivity contribution in [2.45, 2.75) is 184 Å². The van der Waals surface area contributed by atoms with Crippen molar-refractivity contribution in [2.75, 3.05) is 65.6 Å². The summed E-state index contributed by atoms with van der Waals surface area (Å²) in [4.78, 5) is 215. The third kappa shape index (κ3) is 28.2. The van der Waals surface area contributed by atoms with Crippen LogP contribution in [-0.2, 0) is 84.8 Å². The summed E-state index contributed by atoms with van der Waals surface area (Å²) in [7, 11) is 0. The summed E-state index contributed by atoms with van der Waals surface area (Å²) in [6, 6.07) is -2.65. The molecule has 2 aromatic heterocycles. The molecule has 0 aliphatic carbocycles. The van der Waals surface area contributed by atoms with Crippen LogP contribution in [-0.4, -0.2) is 279 Å². The predicted molar refractivity (Wildman–Crippen MR) is 420 cm³/mol. The first-order valence-electron chi connectivity index (χ1n) is 38.4. The molecule has 6 rings (SSSR count). The molecule has 116 heavy (non-hydrogen) atoms. The maximum atomic E-state index is 14.7. The average Bonchev–Trinajstić information content (AvgIpc) is 1.67. The Morgan fingerprint density at radius 3 is 1.29 bits per heavy atom. The number of aliphatic hydroxyl groups excluding tert-OH is 3. The van der Waals surface area contributed by atoms with Gasteiger partial charge >= 0.3 is 5.97 Å². The molecule has 2 aromatic carbocycles. The minimum absolute atomic E-state index is 0.00554. The molecule has 28 N–H and O–H groups in total. The third-order valence-corrected chi connectivity index (χ3v) is 19.3. The molecule has 12 atom stereocenters. The maximum absolute atomic E-state index is 14.7. The van der Waals surface area contributed by atoms with Crippen LogP contribution in [0.2, 0.25) is 0 Å². The standard InChI is InChI=1S/C74H111N23O19/c1-38(2)26-49(93-66(109)52(29-42-32-83-46-17-9-7-15-44(42)46)88-59(102)33-84-61(104)40(5)86-63(106)51(87-58(101)30-75)28-41-31-82-45-16-8-6-14-43(41)45)64(107)92-50(27-39(3)4)65(108)94-54(36-99)71(114)97-25-13-20-56(97)68(111)90-47(18-10-22-80-73(76)77)62(105)85-34-60(103)89-53(35-98)67(110)91-48(19-11-23-81-74(78)79)70(113)96-24-12-21-57(96)69(112)95-55(37-100)72(115)116/h6-9,14-17,31-32,38-40,47-57,82-83,98-100H,10-13,18-30,33-37,75H2,1-5H3,(H,84,104)(H,85,105)(H,86,106)(H,87,101)(H,88,102)(H,89,103)(H,90,111)(H,91,110)(H,92,107)(H,93,109)(H,94,108)(H,95,112)(H,115,116)(H4,76,77,80)(H4,78,79,81)/t40-,47-,48-,49-,50-,51-,52-,53-,54-,55-,56-,57-/m0/s1. The number of hydrogen-bond donors (Lipinski definition) is 25. The number of rotatable bonds is 46. The van der Waals surface area contributed by atoms with E-state index in [1.807, 2.05) is 24.3 Å². The van der Waals surface area contributed by atoms with Gasteiger partial charge in [-0.05, 0) is 106 Å². The lowest BCUT2D eigenvalue weighted by Gasteiger charge is -2.30. The highest BCUT2D eigenvalue weighted by Crippen LogP contribution is 2.24. The van der Waals surface area contributed by atoms with E-state index in [0.29, 0.717) is 28.5 Å². The second-order valence-corrected chi connectivity index (χ2v) is 29.2. The lowest BCUT2D eigenvalue weighted by Crippen LogP contribution is -2.60. The van der Waals surface area contributed by atoms with Crippen LogP contribution < -0.4 is 91.6 Å². The predicted octanol–water partition coefficient (Wildman–Crippen LogP) is -6.84. The molecule has 0 bridgehead atoms. The van der Waals surface area contributed by atoms with Gasteiger partial charge in [0.1, 0.15) is 72.5 Å². The SMILES string of the molecule is CC(C)C[C@H](NC(=O)[C@H](Cc1c[nH]c2ccccc12)NC(=O)CNC(=O)[C@H](C)NC(=O)[C@H](Cc1c[nH]c2ccccc12)NC(=O)CN)C(=O)N[C@@H](CC(C)C)C(=O)N[C@@H](CO)C(=O)N1CCC[C@H]1C(=O)N[C@@H](CCCNC(=N)N)C(=O)NCC(=O)N[C@@H](CO)C(=O)N[C@@H](CCCNC(=N)N)C(=O)N1CCC[C@H]1C(=O)N[C@@H](CO)C(=O)O. The number of guanidine groups is 2. The minimum Gasteiger partial charge on any atom is -0.480 e. The van der Waals surface area contributed by atoms with Gasteiger partial charge in [-0.25, -0.2) is 4.79 Å². The van der Waals surface area contributed by atoms with Crippen LogP contribution in [0.5, 0.6) is 0 Å². The highest BCUT2D eigenvalue weighted by Gasteiger charge is 2.43. The summed E-state index contributed by atoms with van der Waals surface area (Å²) in [5.41, 5.74) is 19.2. The molecule has 0 saturated carbocycles. The van der Waals surface area contributed by atoms with E-state index in [2.05, 4.69) is 84.4 Å². The van der Waals surface area contributed by atoms with Gasteiger partial charge in [0, 0.05) is 73.2 Å². The highest BCUT2D eigenvalue weighted by molar-refractivity contribution is 6.01. The number of aromatic amines is 2. The van der Waals surface area contributed by atoms with E-state index in [1.165, 1.54) is 6.92 Å². The molecule has 2 aliphatic heterocycles. The second-order valence-electron chi connectivity index (χ2n) is 29.2. The van der Waals surface area contributed by atoms with Crippen molar-refractivity contribution in [3.05, 3.63) is 72.1 Å². The van der Waals surface area contributed by atoms with Crippen LogP contribution in [0.4, 0.5) is 0 Å². The largest absolute Gasteiger partial charge is 0.480 e. The molecular weight excluding hydrogens is 1510 g/mol. The number of likely N-dealkylation sites (tertiary alicyclic amines) is 2. The molecular formula is C74H111N23O19. The quantitative estimate of drug-likeness (QED) is 0.0111. The van der Waals surface area contributed by atoms with Crippen LogP contribution in [0, 0.1) is 22.7 Å². The molecule has 2 saturated heterocycles. The molecule has 0 radical (unpaired) electrons. The number of hydrogen-bond acceptors (Lipinski definition) is 21. The number of carboxylic acid groups (broad SMARTS) is 1. The number of H-pyrrole nitrogens is 2. The van der Waals surface area contributed by atoms with Crippen LogP contribution >= 0.6 is 0 Å². The Balaban J connectivity index is 1.09. The van der Waals surface area contributed by atoms with Crippen molar-refractivity contribution in [1.29, 1.82) is 10.8 Å². The normalized spacial score (nSPS) is 16.4. The van der Waals surface area contributed by atoms with Crippen LogP contribution in [0.25, 0.3) is 21.8 Å². The highest BCUT2D eigenvalue weighted by atomic mass is 16.4. The summed E-state index contributed by atoms with van der Waals surface area (Å²) in [6.45, 7) is 3.45. The molecule has 14 amide bonds. The summed E-state index contributed by atoms with van der Waals surface area (Å²) >= 11 is 0. The van der Waals surface area contributed by atoms with Gasteiger partial charge in [0.15, 0.2) is 11.9 Å². The Labute approximate surface area is 668 Å². The molecule has 42 heteroatoms. The maximum Gasteiger partial charge on any atom is 0.328 e.